The Hall–Kier alpha value is -2.29. The van der Waals surface area contributed by atoms with Gasteiger partial charge in [0.1, 0.15) is 12.7 Å². The van der Waals surface area contributed by atoms with Gasteiger partial charge in [-0.05, 0) is 5.92 Å². The largest absolute Gasteiger partial charge is 0.394 e. The Balaban J connectivity index is 2.31. The molecular weight excluding hydrogens is 260 g/mol. The van der Waals surface area contributed by atoms with Crippen LogP contribution >= 0.6 is 0 Å². The summed E-state index contributed by atoms with van der Waals surface area (Å²) in [7, 11) is 1.72. The van der Waals surface area contributed by atoms with Gasteiger partial charge in [0.05, 0.1) is 12.6 Å². The highest BCUT2D eigenvalue weighted by Gasteiger charge is 2.15. The lowest BCUT2D eigenvalue weighted by Crippen LogP contribution is -2.30. The first kappa shape index (κ1) is 14.1. The number of hydrogen-bond acceptors (Lipinski definition) is 8. The summed E-state index contributed by atoms with van der Waals surface area (Å²) in [4.78, 5) is 16.5. The van der Waals surface area contributed by atoms with E-state index in [1.165, 1.54) is 17.3 Å². The monoisotopic (exact) mass is 278 g/mol. The van der Waals surface area contributed by atoms with E-state index in [0.29, 0.717) is 17.8 Å². The molecule has 9 nitrogen and oxygen atoms in total. The molecule has 108 valence electrons. The van der Waals surface area contributed by atoms with Crippen LogP contribution in [-0.2, 0) is 0 Å². The van der Waals surface area contributed by atoms with E-state index < -0.39 is 0 Å². The van der Waals surface area contributed by atoms with Crippen LogP contribution in [0.4, 0.5) is 11.9 Å². The number of aromatic nitrogens is 6. The minimum atomic E-state index is -0.134. The van der Waals surface area contributed by atoms with E-state index in [9.17, 15) is 5.11 Å². The topological polar surface area (TPSA) is 114 Å². The molecule has 0 aliphatic rings. The zero-order valence-electron chi connectivity index (χ0n) is 11.6. The summed E-state index contributed by atoms with van der Waals surface area (Å²) in [5, 5.41) is 19.3. The SMILES string of the molecule is CNc1nc(NC(CO)C(C)C)nc(-n2cncn2)n1. The number of nitrogens with one attached hydrogen (secondary N) is 2. The molecule has 0 saturated carbocycles. The molecule has 0 radical (unpaired) electrons. The van der Waals surface area contributed by atoms with E-state index in [1.54, 1.807) is 7.05 Å². The molecule has 0 aliphatic heterocycles. The molecule has 20 heavy (non-hydrogen) atoms. The summed E-state index contributed by atoms with van der Waals surface area (Å²) in [6.45, 7) is 4.01. The van der Waals surface area contributed by atoms with Gasteiger partial charge >= 0.3 is 0 Å². The molecule has 3 N–H and O–H groups in total. The van der Waals surface area contributed by atoms with E-state index in [1.807, 2.05) is 13.8 Å². The summed E-state index contributed by atoms with van der Waals surface area (Å²) in [5.74, 6) is 1.38. The molecule has 1 unspecified atom stereocenters. The van der Waals surface area contributed by atoms with E-state index in [2.05, 4.69) is 35.7 Å². The van der Waals surface area contributed by atoms with Crippen LogP contribution in [0.15, 0.2) is 12.7 Å². The van der Waals surface area contributed by atoms with Gasteiger partial charge < -0.3 is 15.7 Å². The molecule has 2 aromatic heterocycles. The van der Waals surface area contributed by atoms with Gasteiger partial charge in [-0.3, -0.25) is 0 Å². The Bertz CT molecular complexity index is 541. The molecule has 0 spiro atoms. The number of aliphatic hydroxyl groups excluding tert-OH is 1. The van der Waals surface area contributed by atoms with E-state index in [-0.39, 0.29) is 18.6 Å². The van der Waals surface area contributed by atoms with Crippen LogP contribution in [0, 0.1) is 5.92 Å². The van der Waals surface area contributed by atoms with Crippen molar-refractivity contribution in [3.8, 4) is 5.95 Å². The third kappa shape index (κ3) is 3.18. The van der Waals surface area contributed by atoms with Crippen LogP contribution in [0.3, 0.4) is 0 Å². The molecule has 2 aromatic rings. The second-order valence-corrected chi connectivity index (χ2v) is 4.55. The average molecular weight is 278 g/mol. The first-order valence-electron chi connectivity index (χ1n) is 6.30. The summed E-state index contributed by atoms with van der Waals surface area (Å²) in [5.41, 5.74) is 0. The highest BCUT2D eigenvalue weighted by atomic mass is 16.3. The third-order valence-electron chi connectivity index (χ3n) is 2.79. The number of nitrogens with zero attached hydrogens (tertiary/aromatic N) is 6. The summed E-state index contributed by atoms with van der Waals surface area (Å²) < 4.78 is 1.44. The van der Waals surface area contributed by atoms with Crippen molar-refractivity contribution >= 4 is 11.9 Å². The first-order valence-corrected chi connectivity index (χ1v) is 6.30. The third-order valence-corrected chi connectivity index (χ3v) is 2.79. The lowest BCUT2D eigenvalue weighted by atomic mass is 10.1. The van der Waals surface area contributed by atoms with Gasteiger partial charge in [0.2, 0.25) is 11.9 Å². The van der Waals surface area contributed by atoms with Crippen molar-refractivity contribution in [2.45, 2.75) is 19.9 Å². The Kier molecular flexibility index (Phi) is 4.41. The van der Waals surface area contributed by atoms with Crippen molar-refractivity contribution < 1.29 is 5.11 Å². The van der Waals surface area contributed by atoms with Gasteiger partial charge in [-0.25, -0.2) is 4.98 Å². The van der Waals surface area contributed by atoms with Crippen molar-refractivity contribution in [2.24, 2.45) is 5.92 Å². The molecule has 2 heterocycles. The standard InChI is InChI=1S/C11H18N8O/c1-7(2)8(4-20)15-10-16-9(12-3)17-11(18-10)19-6-13-5-14-19/h5-8,20H,4H2,1-3H3,(H2,12,15,16,17,18). The molecule has 1 atom stereocenters. The molecule has 0 aromatic carbocycles. The van der Waals surface area contributed by atoms with Gasteiger partial charge in [-0.15, -0.1) is 0 Å². The second kappa shape index (κ2) is 6.24. The molecule has 0 saturated heterocycles. The highest BCUT2D eigenvalue weighted by Crippen LogP contribution is 2.11. The van der Waals surface area contributed by atoms with Crippen molar-refractivity contribution in [3.05, 3.63) is 12.7 Å². The van der Waals surface area contributed by atoms with Crippen LogP contribution in [0.5, 0.6) is 0 Å². The Morgan fingerprint density at radius 1 is 1.25 bits per heavy atom. The Morgan fingerprint density at radius 3 is 2.55 bits per heavy atom. The molecule has 9 heteroatoms. The van der Waals surface area contributed by atoms with Gasteiger partial charge in [0.15, 0.2) is 0 Å². The van der Waals surface area contributed by atoms with Crippen molar-refractivity contribution in [1.29, 1.82) is 0 Å². The molecule has 0 aliphatic carbocycles. The fraction of sp³-hybridized carbons (Fsp3) is 0.545. The smallest absolute Gasteiger partial charge is 0.258 e. The molecule has 0 amide bonds. The van der Waals surface area contributed by atoms with Crippen LogP contribution in [0.2, 0.25) is 0 Å². The van der Waals surface area contributed by atoms with Crippen molar-refractivity contribution in [1.82, 2.24) is 29.7 Å². The van der Waals surface area contributed by atoms with E-state index in [4.69, 9.17) is 0 Å². The molecule has 0 bridgehead atoms. The maximum absolute atomic E-state index is 9.36. The number of rotatable bonds is 6. The predicted molar refractivity (Wildman–Crippen MR) is 73.6 cm³/mol. The normalized spacial score (nSPS) is 12.4. The summed E-state index contributed by atoms with van der Waals surface area (Å²) >= 11 is 0. The number of anilines is 2. The maximum Gasteiger partial charge on any atom is 0.258 e. The molecule has 2 rings (SSSR count). The zero-order chi connectivity index (χ0) is 14.5. The van der Waals surface area contributed by atoms with Crippen LogP contribution in [-0.4, -0.2) is 54.5 Å². The van der Waals surface area contributed by atoms with Gasteiger partial charge in [-0.2, -0.15) is 24.7 Å². The predicted octanol–water partition coefficient (Wildman–Crippen LogP) is -0.0772. The van der Waals surface area contributed by atoms with Gasteiger partial charge in [0, 0.05) is 7.05 Å². The summed E-state index contributed by atoms with van der Waals surface area (Å²) in [6, 6.07) is -0.134. The Morgan fingerprint density at radius 2 is 2.00 bits per heavy atom. The summed E-state index contributed by atoms with van der Waals surface area (Å²) in [6.07, 6.45) is 2.91. The lowest BCUT2D eigenvalue weighted by Gasteiger charge is -2.20. The van der Waals surface area contributed by atoms with Crippen molar-refractivity contribution in [2.75, 3.05) is 24.3 Å². The lowest BCUT2D eigenvalue weighted by molar-refractivity contribution is 0.248. The molecular formula is C11H18N8O. The van der Waals surface area contributed by atoms with Gasteiger partial charge in [-0.1, -0.05) is 13.8 Å². The fourth-order valence-electron chi connectivity index (χ4n) is 1.54. The molecule has 0 fully saturated rings. The zero-order valence-corrected chi connectivity index (χ0v) is 11.6. The van der Waals surface area contributed by atoms with Crippen LogP contribution < -0.4 is 10.6 Å². The maximum atomic E-state index is 9.36. The first-order chi connectivity index (χ1) is 9.63. The fourth-order valence-corrected chi connectivity index (χ4v) is 1.54. The van der Waals surface area contributed by atoms with Crippen molar-refractivity contribution in [3.63, 3.8) is 0 Å². The number of hydrogen-bond donors (Lipinski definition) is 3. The van der Waals surface area contributed by atoms with E-state index in [0.717, 1.165) is 0 Å². The van der Waals surface area contributed by atoms with Gasteiger partial charge in [0.25, 0.3) is 5.95 Å². The minimum absolute atomic E-state index is 0.00308. The number of aliphatic hydroxyl groups is 1. The van der Waals surface area contributed by atoms with E-state index >= 15 is 0 Å². The average Bonchev–Trinajstić information content (AvgIpc) is 2.98. The van der Waals surface area contributed by atoms with Crippen LogP contribution in [0.25, 0.3) is 5.95 Å². The van der Waals surface area contributed by atoms with Crippen LogP contribution in [0.1, 0.15) is 13.8 Å². The Labute approximate surface area is 116 Å². The highest BCUT2D eigenvalue weighted by molar-refractivity contribution is 5.37. The minimum Gasteiger partial charge on any atom is -0.394 e. The quantitative estimate of drug-likeness (QED) is 0.672. The second-order valence-electron chi connectivity index (χ2n) is 4.55.